The number of hydrogen-bond acceptors (Lipinski definition) is 6. The molecule has 6 heteroatoms. The molecule has 0 fully saturated rings. The van der Waals surface area contributed by atoms with Gasteiger partial charge in [0.25, 0.3) is 0 Å². The van der Waals surface area contributed by atoms with Crippen LogP contribution >= 0.6 is 0 Å². The first-order valence-electron chi connectivity index (χ1n) is 17.9. The first-order chi connectivity index (χ1) is 26.3. The predicted molar refractivity (Wildman–Crippen MR) is 218 cm³/mol. The molecule has 6 nitrogen and oxygen atoms in total. The van der Waals surface area contributed by atoms with Crippen molar-refractivity contribution in [1.29, 1.82) is 0 Å². The summed E-state index contributed by atoms with van der Waals surface area (Å²) in [6.45, 7) is 0. The quantitative estimate of drug-likeness (QED) is 0.171. The number of nitrogens with one attached hydrogen (secondary N) is 2. The molecule has 0 bridgehead atoms. The summed E-state index contributed by atoms with van der Waals surface area (Å²) in [6, 6.07) is 61.5. The van der Waals surface area contributed by atoms with E-state index in [-0.39, 0.29) is 12.3 Å². The van der Waals surface area contributed by atoms with Crippen LogP contribution < -0.4 is 15.5 Å². The van der Waals surface area contributed by atoms with Gasteiger partial charge in [0.15, 0.2) is 5.84 Å². The standard InChI is InChI=1S/C47H34N6/c1-4-14-32(15-5-1)44-50-45(33-16-6-2-7-17-33)52-46(51-44)34-27-25-31(26-28-34)36-20-12-21-37(30-36)53-43-39-23-11-10-22-38(39)41-40(24-13-29-48-41)42(43)49-47(53)35-18-8-3-9-19-35/h1-30,46-47,49H,(H,50,51,52). The average molecular weight is 683 g/mol. The lowest BCUT2D eigenvalue weighted by atomic mass is 10.00. The smallest absolute Gasteiger partial charge is 0.159 e. The minimum atomic E-state index is -0.283. The molecule has 2 N–H and O–H groups in total. The topological polar surface area (TPSA) is 64.9 Å². The van der Waals surface area contributed by atoms with E-state index in [1.807, 2.05) is 48.7 Å². The van der Waals surface area contributed by atoms with E-state index in [2.05, 4.69) is 149 Å². The Morgan fingerprint density at radius 3 is 1.92 bits per heavy atom. The van der Waals surface area contributed by atoms with Gasteiger partial charge in [-0.1, -0.05) is 152 Å². The molecular formula is C47H34N6. The molecule has 0 amide bonds. The Labute approximate surface area is 307 Å². The van der Waals surface area contributed by atoms with Crippen molar-refractivity contribution in [3.8, 4) is 11.1 Å². The van der Waals surface area contributed by atoms with Gasteiger partial charge in [0.2, 0.25) is 0 Å². The number of anilines is 3. The SMILES string of the molecule is c1ccc(C2=NC(c3ccc(-c4cccc(N5c6c(c7cccnc7c7ccccc67)NC5c5ccccc5)c4)cc3)NC(c3ccccc3)=N2)cc1. The van der Waals surface area contributed by atoms with Crippen molar-refractivity contribution in [3.63, 3.8) is 0 Å². The number of rotatable bonds is 6. The monoisotopic (exact) mass is 682 g/mol. The number of aromatic nitrogens is 1. The maximum absolute atomic E-state index is 5.07. The van der Waals surface area contributed by atoms with Gasteiger partial charge in [-0.05, 0) is 46.5 Å². The maximum Gasteiger partial charge on any atom is 0.159 e. The van der Waals surface area contributed by atoms with Crippen LogP contribution in [0.3, 0.4) is 0 Å². The van der Waals surface area contributed by atoms with Crippen molar-refractivity contribution in [2.75, 3.05) is 10.2 Å². The van der Waals surface area contributed by atoms with Gasteiger partial charge in [0.05, 0.1) is 16.9 Å². The Balaban J connectivity index is 1.04. The van der Waals surface area contributed by atoms with E-state index >= 15 is 0 Å². The van der Waals surface area contributed by atoms with Gasteiger partial charge in [-0.3, -0.25) is 4.98 Å². The maximum atomic E-state index is 5.07. The van der Waals surface area contributed by atoms with Gasteiger partial charge in [-0.25, -0.2) is 9.98 Å². The third-order valence-corrected chi connectivity index (χ3v) is 10.2. The zero-order valence-corrected chi connectivity index (χ0v) is 28.8. The van der Waals surface area contributed by atoms with E-state index < -0.39 is 0 Å². The average Bonchev–Trinajstić information content (AvgIpc) is 3.66. The molecule has 3 heterocycles. The Morgan fingerprint density at radius 2 is 1.15 bits per heavy atom. The van der Waals surface area contributed by atoms with Crippen LogP contribution in [-0.4, -0.2) is 16.7 Å². The van der Waals surface area contributed by atoms with Gasteiger partial charge in [0, 0.05) is 39.2 Å². The number of nitrogens with zero attached hydrogens (tertiary/aromatic N) is 4. The summed E-state index contributed by atoms with van der Waals surface area (Å²) in [4.78, 5) is 17.3. The van der Waals surface area contributed by atoms with Crippen LogP contribution in [0.4, 0.5) is 17.1 Å². The Bertz CT molecular complexity index is 2670. The highest BCUT2D eigenvalue weighted by atomic mass is 15.3. The summed E-state index contributed by atoms with van der Waals surface area (Å²) in [5.74, 6) is 1.53. The van der Waals surface area contributed by atoms with Crippen LogP contribution in [0.1, 0.15) is 34.6 Å². The van der Waals surface area contributed by atoms with Crippen LogP contribution in [0.25, 0.3) is 32.8 Å². The molecule has 2 unspecified atom stereocenters. The number of pyridine rings is 1. The molecule has 0 saturated carbocycles. The minimum Gasteiger partial charge on any atom is -0.359 e. The molecule has 1 aromatic heterocycles. The molecule has 2 aliphatic heterocycles. The lowest BCUT2D eigenvalue weighted by Crippen LogP contribution is -2.33. The largest absolute Gasteiger partial charge is 0.359 e. The predicted octanol–water partition coefficient (Wildman–Crippen LogP) is 10.8. The fourth-order valence-corrected chi connectivity index (χ4v) is 7.62. The summed E-state index contributed by atoms with van der Waals surface area (Å²) >= 11 is 0. The molecule has 252 valence electrons. The fraction of sp³-hybridized carbons (Fsp3) is 0.0426. The van der Waals surface area contributed by atoms with Crippen LogP contribution in [0.5, 0.6) is 0 Å². The molecule has 0 saturated heterocycles. The molecule has 8 aromatic rings. The van der Waals surface area contributed by atoms with Gasteiger partial charge >= 0.3 is 0 Å². The van der Waals surface area contributed by atoms with Crippen LogP contribution in [0.2, 0.25) is 0 Å². The first kappa shape index (κ1) is 30.7. The number of aliphatic imine (C=N–C) groups is 2. The highest BCUT2D eigenvalue weighted by Gasteiger charge is 2.35. The van der Waals surface area contributed by atoms with E-state index in [1.165, 1.54) is 10.9 Å². The van der Waals surface area contributed by atoms with Gasteiger partial charge in [-0.2, -0.15) is 0 Å². The van der Waals surface area contributed by atoms with E-state index in [9.17, 15) is 0 Å². The zero-order chi connectivity index (χ0) is 35.1. The number of hydrogen-bond donors (Lipinski definition) is 2. The molecular weight excluding hydrogens is 649 g/mol. The Kier molecular flexibility index (Phi) is 7.50. The number of benzene rings is 7. The lowest BCUT2D eigenvalue weighted by molar-refractivity contribution is 0.674. The van der Waals surface area contributed by atoms with Crippen molar-refractivity contribution in [1.82, 2.24) is 10.3 Å². The molecule has 0 aliphatic carbocycles. The summed E-state index contributed by atoms with van der Waals surface area (Å²) in [7, 11) is 0. The van der Waals surface area contributed by atoms with Gasteiger partial charge in [0.1, 0.15) is 18.2 Å². The Morgan fingerprint density at radius 1 is 0.491 bits per heavy atom. The molecule has 0 spiro atoms. The zero-order valence-electron chi connectivity index (χ0n) is 28.8. The van der Waals surface area contributed by atoms with Crippen molar-refractivity contribution in [2.45, 2.75) is 12.3 Å². The fourth-order valence-electron chi connectivity index (χ4n) is 7.62. The summed E-state index contributed by atoms with van der Waals surface area (Å²) < 4.78 is 0. The highest BCUT2D eigenvalue weighted by Crippen LogP contribution is 2.53. The van der Waals surface area contributed by atoms with E-state index in [0.29, 0.717) is 5.84 Å². The van der Waals surface area contributed by atoms with Crippen LogP contribution in [0.15, 0.2) is 192 Å². The minimum absolute atomic E-state index is 0.104. The molecule has 2 aliphatic rings. The lowest BCUT2D eigenvalue weighted by Gasteiger charge is -2.28. The second-order valence-electron chi connectivity index (χ2n) is 13.4. The molecule has 7 aromatic carbocycles. The van der Waals surface area contributed by atoms with E-state index in [4.69, 9.17) is 15.0 Å². The number of amidine groups is 2. The highest BCUT2D eigenvalue weighted by molar-refractivity contribution is 6.21. The van der Waals surface area contributed by atoms with E-state index in [0.717, 1.165) is 67.0 Å². The van der Waals surface area contributed by atoms with Crippen molar-refractivity contribution in [2.24, 2.45) is 9.98 Å². The van der Waals surface area contributed by atoms with Crippen molar-refractivity contribution in [3.05, 3.63) is 204 Å². The van der Waals surface area contributed by atoms with E-state index in [1.54, 1.807) is 0 Å². The summed E-state index contributed by atoms with van der Waals surface area (Å²) in [5, 5.41) is 10.9. The van der Waals surface area contributed by atoms with Gasteiger partial charge < -0.3 is 15.5 Å². The summed E-state index contributed by atoms with van der Waals surface area (Å²) in [6.07, 6.45) is 1.49. The van der Waals surface area contributed by atoms with Crippen molar-refractivity contribution < 1.29 is 0 Å². The van der Waals surface area contributed by atoms with Gasteiger partial charge in [-0.15, -0.1) is 0 Å². The van der Waals surface area contributed by atoms with Crippen molar-refractivity contribution >= 4 is 50.4 Å². The third-order valence-electron chi connectivity index (χ3n) is 10.2. The Hall–Kier alpha value is -7.05. The first-order valence-corrected chi connectivity index (χ1v) is 17.9. The van der Waals surface area contributed by atoms with Crippen LogP contribution in [0, 0.1) is 0 Å². The summed E-state index contributed by atoms with van der Waals surface area (Å²) in [5.41, 5.74) is 10.9. The second-order valence-corrected chi connectivity index (χ2v) is 13.4. The molecule has 2 atom stereocenters. The van der Waals surface area contributed by atoms with Crippen LogP contribution in [-0.2, 0) is 0 Å². The molecule has 53 heavy (non-hydrogen) atoms. The second kappa shape index (κ2) is 12.9. The molecule has 0 radical (unpaired) electrons. The molecule has 10 rings (SSSR count). The third kappa shape index (κ3) is 5.49. The number of fused-ring (bicyclic) bond motifs is 6. The normalized spacial score (nSPS) is 16.4.